The van der Waals surface area contributed by atoms with Gasteiger partial charge in [-0.3, -0.25) is 14.4 Å². The lowest BCUT2D eigenvalue weighted by Gasteiger charge is -2.13. The number of aromatic nitrogens is 1. The molecule has 0 saturated heterocycles. The molecule has 9 heteroatoms. The van der Waals surface area contributed by atoms with Crippen LogP contribution in [0.25, 0.3) is 11.3 Å². The van der Waals surface area contributed by atoms with E-state index in [0.29, 0.717) is 27.1 Å². The highest BCUT2D eigenvalue weighted by Crippen LogP contribution is 2.26. The molecule has 30 heavy (non-hydrogen) atoms. The van der Waals surface area contributed by atoms with Crippen LogP contribution in [0.1, 0.15) is 24.2 Å². The number of hydrogen-bond acceptors (Lipinski definition) is 5. The van der Waals surface area contributed by atoms with Gasteiger partial charge < -0.3 is 16.0 Å². The van der Waals surface area contributed by atoms with Crippen molar-refractivity contribution in [2.75, 3.05) is 10.6 Å². The molecule has 3 amide bonds. The van der Waals surface area contributed by atoms with Gasteiger partial charge in [0, 0.05) is 34.1 Å². The average molecular weight is 443 g/mol. The van der Waals surface area contributed by atoms with Crippen LogP contribution in [-0.4, -0.2) is 28.7 Å². The van der Waals surface area contributed by atoms with Crippen LogP contribution < -0.4 is 16.0 Å². The van der Waals surface area contributed by atoms with Crippen LogP contribution in [0, 0.1) is 0 Å². The Hall–Kier alpha value is -3.23. The van der Waals surface area contributed by atoms with Crippen molar-refractivity contribution < 1.29 is 14.4 Å². The molecule has 3 N–H and O–H groups in total. The summed E-state index contributed by atoms with van der Waals surface area (Å²) in [5, 5.41) is 10.8. The molecule has 2 aromatic carbocycles. The molecule has 1 heterocycles. The molecule has 0 aliphatic heterocycles. The fraction of sp³-hybridized carbons (Fsp3) is 0.143. The highest BCUT2D eigenvalue weighted by molar-refractivity contribution is 7.14. The van der Waals surface area contributed by atoms with E-state index in [1.165, 1.54) is 18.3 Å². The Morgan fingerprint density at radius 2 is 1.67 bits per heavy atom. The maximum atomic E-state index is 12.4. The molecule has 0 saturated carbocycles. The lowest BCUT2D eigenvalue weighted by molar-refractivity contribution is -0.117. The minimum Gasteiger partial charge on any atom is -0.341 e. The van der Waals surface area contributed by atoms with Gasteiger partial charge in [-0.1, -0.05) is 23.7 Å². The quantitative estimate of drug-likeness (QED) is 0.533. The Morgan fingerprint density at radius 3 is 2.30 bits per heavy atom. The highest BCUT2D eigenvalue weighted by Gasteiger charge is 2.18. The molecule has 0 spiro atoms. The Bertz CT molecular complexity index is 1060. The third kappa shape index (κ3) is 5.65. The van der Waals surface area contributed by atoms with Gasteiger partial charge >= 0.3 is 0 Å². The number of nitrogens with one attached hydrogen (secondary N) is 3. The number of halogens is 1. The molecule has 1 atom stereocenters. The number of benzene rings is 2. The van der Waals surface area contributed by atoms with Crippen molar-refractivity contribution in [1.29, 1.82) is 0 Å². The van der Waals surface area contributed by atoms with Gasteiger partial charge in [0.05, 0.1) is 5.69 Å². The average Bonchev–Trinajstić information content (AvgIpc) is 3.17. The number of carbonyl (C=O) groups excluding carboxylic acids is 3. The van der Waals surface area contributed by atoms with Crippen LogP contribution in [0.15, 0.2) is 53.9 Å². The van der Waals surface area contributed by atoms with Crippen molar-refractivity contribution in [2.24, 2.45) is 0 Å². The normalized spacial score (nSPS) is 11.4. The second kappa shape index (κ2) is 9.51. The Labute approximate surface area is 182 Å². The molecular formula is C21H19ClN4O3S. The number of anilines is 2. The second-order valence-electron chi connectivity index (χ2n) is 6.49. The summed E-state index contributed by atoms with van der Waals surface area (Å²) in [7, 11) is 0. The molecule has 1 unspecified atom stereocenters. The van der Waals surface area contributed by atoms with Gasteiger partial charge in [-0.25, -0.2) is 4.98 Å². The van der Waals surface area contributed by atoms with Gasteiger partial charge in [-0.15, -0.1) is 11.3 Å². The number of nitrogens with zero attached hydrogens (tertiary/aromatic N) is 1. The summed E-state index contributed by atoms with van der Waals surface area (Å²) in [5.41, 5.74) is 2.66. The molecule has 0 aliphatic rings. The minimum absolute atomic E-state index is 0.140. The summed E-state index contributed by atoms with van der Waals surface area (Å²) in [6, 6.07) is 12.9. The third-order valence-corrected chi connectivity index (χ3v) is 5.09. The van der Waals surface area contributed by atoms with E-state index in [0.717, 1.165) is 5.56 Å². The molecule has 3 aromatic rings. The summed E-state index contributed by atoms with van der Waals surface area (Å²) in [4.78, 5) is 40.1. The number of carbonyl (C=O) groups is 3. The molecule has 0 radical (unpaired) electrons. The monoisotopic (exact) mass is 442 g/mol. The maximum absolute atomic E-state index is 12.4. The number of thiazole rings is 1. The predicted octanol–water partition coefficient (Wildman–Crippen LogP) is 4.18. The van der Waals surface area contributed by atoms with E-state index < -0.39 is 6.04 Å². The molecule has 1 aromatic heterocycles. The van der Waals surface area contributed by atoms with E-state index in [4.69, 9.17) is 11.6 Å². The van der Waals surface area contributed by atoms with Crippen LogP contribution >= 0.6 is 22.9 Å². The first-order chi connectivity index (χ1) is 14.3. The van der Waals surface area contributed by atoms with E-state index in [1.807, 2.05) is 17.5 Å². The molecule has 0 fully saturated rings. The first-order valence-electron chi connectivity index (χ1n) is 9.02. The van der Waals surface area contributed by atoms with Crippen molar-refractivity contribution in [3.05, 3.63) is 64.5 Å². The Kier molecular flexibility index (Phi) is 6.81. The van der Waals surface area contributed by atoms with E-state index in [1.54, 1.807) is 43.3 Å². The predicted molar refractivity (Wildman–Crippen MR) is 119 cm³/mol. The van der Waals surface area contributed by atoms with E-state index in [9.17, 15) is 14.4 Å². The van der Waals surface area contributed by atoms with Crippen molar-refractivity contribution in [2.45, 2.75) is 19.9 Å². The van der Waals surface area contributed by atoms with Crippen molar-refractivity contribution >= 4 is 51.5 Å². The summed E-state index contributed by atoms with van der Waals surface area (Å²) in [6.07, 6.45) is 0. The summed E-state index contributed by atoms with van der Waals surface area (Å²) < 4.78 is 0. The lowest BCUT2D eigenvalue weighted by Crippen LogP contribution is -2.41. The summed E-state index contributed by atoms with van der Waals surface area (Å²) in [5.74, 6) is -0.883. The fourth-order valence-corrected chi connectivity index (χ4v) is 3.40. The summed E-state index contributed by atoms with van der Waals surface area (Å²) in [6.45, 7) is 3.04. The third-order valence-electron chi connectivity index (χ3n) is 4.08. The van der Waals surface area contributed by atoms with E-state index >= 15 is 0 Å². The first kappa shape index (κ1) is 21.5. The van der Waals surface area contributed by atoms with E-state index in [2.05, 4.69) is 20.9 Å². The van der Waals surface area contributed by atoms with Gasteiger partial charge in [0.2, 0.25) is 11.8 Å². The standard InChI is InChI=1S/C21H19ClN4O3S/c1-12(23-20(29)15-3-7-16(22)8-4-15)19(28)26-21-25-18(11-30-21)14-5-9-17(10-6-14)24-13(2)27/h3-12H,1-2H3,(H,23,29)(H,24,27)(H,25,26,28). The van der Waals surface area contributed by atoms with Gasteiger partial charge in [-0.2, -0.15) is 0 Å². The van der Waals surface area contributed by atoms with Gasteiger partial charge in [0.25, 0.3) is 5.91 Å². The molecule has 154 valence electrons. The topological polar surface area (TPSA) is 100 Å². The second-order valence-corrected chi connectivity index (χ2v) is 7.78. The molecule has 0 aliphatic carbocycles. The maximum Gasteiger partial charge on any atom is 0.251 e. The van der Waals surface area contributed by atoms with Crippen molar-refractivity contribution in [3.63, 3.8) is 0 Å². The Morgan fingerprint density at radius 1 is 1.00 bits per heavy atom. The largest absolute Gasteiger partial charge is 0.341 e. The van der Waals surface area contributed by atoms with Gasteiger partial charge in [-0.05, 0) is 43.3 Å². The zero-order valence-corrected chi connectivity index (χ0v) is 17.8. The van der Waals surface area contributed by atoms with Crippen LogP contribution in [0.5, 0.6) is 0 Å². The van der Waals surface area contributed by atoms with Gasteiger partial charge in [0.15, 0.2) is 5.13 Å². The number of rotatable bonds is 6. The van der Waals surface area contributed by atoms with Crippen LogP contribution in [0.2, 0.25) is 5.02 Å². The van der Waals surface area contributed by atoms with E-state index in [-0.39, 0.29) is 17.7 Å². The van der Waals surface area contributed by atoms with Gasteiger partial charge in [0.1, 0.15) is 6.04 Å². The highest BCUT2D eigenvalue weighted by atomic mass is 35.5. The number of hydrogen-bond donors (Lipinski definition) is 3. The lowest BCUT2D eigenvalue weighted by atomic mass is 10.1. The molecular weight excluding hydrogens is 424 g/mol. The van der Waals surface area contributed by atoms with Crippen molar-refractivity contribution in [1.82, 2.24) is 10.3 Å². The SMILES string of the molecule is CC(=O)Nc1ccc(-c2csc(NC(=O)C(C)NC(=O)c3ccc(Cl)cc3)n2)cc1. The zero-order chi connectivity index (χ0) is 21.7. The minimum atomic E-state index is -0.752. The Balaban J connectivity index is 1.59. The fourth-order valence-electron chi connectivity index (χ4n) is 2.55. The molecule has 0 bridgehead atoms. The van der Waals surface area contributed by atoms with Crippen molar-refractivity contribution in [3.8, 4) is 11.3 Å². The van der Waals surface area contributed by atoms with Crippen LogP contribution in [-0.2, 0) is 9.59 Å². The summed E-state index contributed by atoms with van der Waals surface area (Å²) >= 11 is 7.10. The molecule has 7 nitrogen and oxygen atoms in total. The van der Waals surface area contributed by atoms with Crippen LogP contribution in [0.4, 0.5) is 10.8 Å². The molecule has 3 rings (SSSR count). The smallest absolute Gasteiger partial charge is 0.251 e. The first-order valence-corrected chi connectivity index (χ1v) is 10.3. The van der Waals surface area contributed by atoms with Crippen LogP contribution in [0.3, 0.4) is 0 Å². The number of amides is 3. The zero-order valence-electron chi connectivity index (χ0n) is 16.2.